The lowest BCUT2D eigenvalue weighted by Crippen LogP contribution is -2.22. The fourth-order valence-corrected chi connectivity index (χ4v) is 2.43. The van der Waals surface area contributed by atoms with Crippen molar-refractivity contribution < 1.29 is 9.13 Å². The molecule has 0 aliphatic rings. The van der Waals surface area contributed by atoms with Gasteiger partial charge >= 0.3 is 0 Å². The first-order valence-electron chi connectivity index (χ1n) is 6.92. The lowest BCUT2D eigenvalue weighted by atomic mass is 9.99. The lowest BCUT2D eigenvalue weighted by molar-refractivity contribution is 0.338. The maximum absolute atomic E-state index is 13.7. The molecule has 1 atom stereocenters. The van der Waals surface area contributed by atoms with E-state index in [-0.39, 0.29) is 11.1 Å². The van der Waals surface area contributed by atoms with Crippen molar-refractivity contribution in [3.63, 3.8) is 0 Å². The summed E-state index contributed by atoms with van der Waals surface area (Å²) in [4.78, 5) is 4.18. The van der Waals surface area contributed by atoms with Crippen molar-refractivity contribution in [1.82, 2.24) is 10.3 Å². The zero-order valence-corrected chi connectivity index (χ0v) is 12.8. The number of nitrogens with zero attached hydrogens (tertiary/aromatic N) is 1. The van der Waals surface area contributed by atoms with Crippen LogP contribution in [0.25, 0.3) is 0 Å². The molecule has 1 aromatic carbocycles. The van der Waals surface area contributed by atoms with E-state index in [1.807, 2.05) is 26.0 Å². The molecule has 0 fully saturated rings. The van der Waals surface area contributed by atoms with E-state index in [4.69, 9.17) is 16.3 Å². The number of hydrogen-bond donors (Lipinski definition) is 1. The van der Waals surface area contributed by atoms with Gasteiger partial charge in [0.25, 0.3) is 0 Å². The van der Waals surface area contributed by atoms with Crippen molar-refractivity contribution in [2.45, 2.75) is 19.9 Å². The average Bonchev–Trinajstić information content (AvgIpc) is 2.49. The van der Waals surface area contributed by atoms with Crippen LogP contribution in [0.15, 0.2) is 36.7 Å². The standard InChI is InChI=1S/C16H18ClFN2O/c1-3-20-16(13-6-5-7-14(18)15(13)17)11-8-12(21-4-2)10-19-9-11/h5-10,16,20H,3-4H2,1-2H3. The van der Waals surface area contributed by atoms with Gasteiger partial charge in [0.2, 0.25) is 0 Å². The summed E-state index contributed by atoms with van der Waals surface area (Å²) >= 11 is 6.11. The van der Waals surface area contributed by atoms with E-state index in [2.05, 4.69) is 10.3 Å². The third-order valence-electron chi connectivity index (χ3n) is 3.08. The van der Waals surface area contributed by atoms with Crippen LogP contribution < -0.4 is 10.1 Å². The summed E-state index contributed by atoms with van der Waals surface area (Å²) < 4.78 is 19.2. The van der Waals surface area contributed by atoms with Crippen molar-refractivity contribution in [2.24, 2.45) is 0 Å². The van der Waals surface area contributed by atoms with E-state index in [0.29, 0.717) is 17.9 Å². The number of halogens is 2. The summed E-state index contributed by atoms with van der Waals surface area (Å²) in [7, 11) is 0. The van der Waals surface area contributed by atoms with E-state index < -0.39 is 5.82 Å². The van der Waals surface area contributed by atoms with Crippen molar-refractivity contribution in [1.29, 1.82) is 0 Å². The van der Waals surface area contributed by atoms with Crippen LogP contribution in [0.5, 0.6) is 5.75 Å². The Hall–Kier alpha value is -1.65. The quantitative estimate of drug-likeness (QED) is 0.876. The molecule has 0 aliphatic carbocycles. The first kappa shape index (κ1) is 15.7. The van der Waals surface area contributed by atoms with Crippen LogP contribution in [0.4, 0.5) is 4.39 Å². The number of hydrogen-bond acceptors (Lipinski definition) is 3. The molecular formula is C16H18ClFN2O. The highest BCUT2D eigenvalue weighted by Crippen LogP contribution is 2.31. The molecular weight excluding hydrogens is 291 g/mol. The van der Waals surface area contributed by atoms with Crippen molar-refractivity contribution in [3.8, 4) is 5.75 Å². The molecule has 0 spiro atoms. The summed E-state index contributed by atoms with van der Waals surface area (Å²) in [6, 6.07) is 6.48. The van der Waals surface area contributed by atoms with Gasteiger partial charge in [-0.05, 0) is 36.7 Å². The molecule has 1 unspecified atom stereocenters. The Morgan fingerprint density at radius 2 is 2.14 bits per heavy atom. The first-order chi connectivity index (χ1) is 10.2. The predicted molar refractivity (Wildman–Crippen MR) is 82.3 cm³/mol. The smallest absolute Gasteiger partial charge is 0.142 e. The second-order valence-electron chi connectivity index (χ2n) is 4.52. The van der Waals surface area contributed by atoms with Crippen LogP contribution >= 0.6 is 11.6 Å². The minimum absolute atomic E-state index is 0.130. The minimum atomic E-state index is -0.425. The van der Waals surface area contributed by atoms with Crippen LogP contribution in [0.2, 0.25) is 5.02 Å². The highest BCUT2D eigenvalue weighted by Gasteiger charge is 2.19. The van der Waals surface area contributed by atoms with E-state index in [1.54, 1.807) is 18.5 Å². The molecule has 0 bridgehead atoms. The first-order valence-corrected chi connectivity index (χ1v) is 7.30. The van der Waals surface area contributed by atoms with Crippen LogP contribution in [-0.2, 0) is 0 Å². The highest BCUT2D eigenvalue weighted by atomic mass is 35.5. The number of pyridine rings is 1. The molecule has 0 aliphatic heterocycles. The molecule has 5 heteroatoms. The normalized spacial score (nSPS) is 12.2. The van der Waals surface area contributed by atoms with Gasteiger partial charge in [0.05, 0.1) is 23.9 Å². The number of nitrogens with one attached hydrogen (secondary N) is 1. The number of aromatic nitrogens is 1. The molecule has 0 saturated heterocycles. The van der Waals surface area contributed by atoms with Gasteiger partial charge < -0.3 is 10.1 Å². The largest absolute Gasteiger partial charge is 0.492 e. The SMILES string of the molecule is CCNC(c1cncc(OCC)c1)c1cccc(F)c1Cl. The third-order valence-corrected chi connectivity index (χ3v) is 3.48. The summed E-state index contributed by atoms with van der Waals surface area (Å²) in [6.45, 7) is 5.19. The van der Waals surface area contributed by atoms with Gasteiger partial charge in [-0.2, -0.15) is 0 Å². The zero-order chi connectivity index (χ0) is 15.2. The summed E-state index contributed by atoms with van der Waals surface area (Å²) in [5, 5.41) is 3.44. The maximum Gasteiger partial charge on any atom is 0.142 e. The van der Waals surface area contributed by atoms with Crippen molar-refractivity contribution in [3.05, 3.63) is 58.6 Å². The van der Waals surface area contributed by atoms with Gasteiger partial charge in [0, 0.05) is 6.20 Å². The highest BCUT2D eigenvalue weighted by molar-refractivity contribution is 6.31. The molecule has 0 saturated carbocycles. The Morgan fingerprint density at radius 1 is 1.33 bits per heavy atom. The van der Waals surface area contributed by atoms with E-state index in [9.17, 15) is 4.39 Å². The second kappa shape index (κ2) is 7.38. The maximum atomic E-state index is 13.7. The van der Waals surface area contributed by atoms with Crippen LogP contribution in [0, 0.1) is 5.82 Å². The van der Waals surface area contributed by atoms with Gasteiger partial charge in [-0.3, -0.25) is 4.98 Å². The van der Waals surface area contributed by atoms with Crippen molar-refractivity contribution in [2.75, 3.05) is 13.2 Å². The number of benzene rings is 1. The predicted octanol–water partition coefficient (Wildman–Crippen LogP) is 3.97. The van der Waals surface area contributed by atoms with Gasteiger partial charge in [0.1, 0.15) is 11.6 Å². The second-order valence-corrected chi connectivity index (χ2v) is 4.90. The molecule has 1 aromatic heterocycles. The minimum Gasteiger partial charge on any atom is -0.492 e. The van der Waals surface area contributed by atoms with Gasteiger partial charge in [0.15, 0.2) is 0 Å². The summed E-state index contributed by atoms with van der Waals surface area (Å²) in [5.74, 6) is 0.261. The fraction of sp³-hybridized carbons (Fsp3) is 0.312. The molecule has 2 rings (SSSR count). The molecule has 0 radical (unpaired) electrons. The van der Waals surface area contributed by atoms with Crippen LogP contribution in [0.3, 0.4) is 0 Å². The topological polar surface area (TPSA) is 34.2 Å². The lowest BCUT2D eigenvalue weighted by Gasteiger charge is -2.20. The van der Waals surface area contributed by atoms with E-state index in [1.165, 1.54) is 6.07 Å². The molecule has 21 heavy (non-hydrogen) atoms. The van der Waals surface area contributed by atoms with Crippen LogP contribution in [0.1, 0.15) is 31.0 Å². The number of ether oxygens (including phenoxy) is 1. The Kier molecular flexibility index (Phi) is 5.53. The Labute approximate surface area is 129 Å². The fourth-order valence-electron chi connectivity index (χ4n) is 2.19. The van der Waals surface area contributed by atoms with Gasteiger partial charge in [-0.15, -0.1) is 0 Å². The van der Waals surface area contributed by atoms with Gasteiger partial charge in [-0.25, -0.2) is 4.39 Å². The Morgan fingerprint density at radius 3 is 2.86 bits per heavy atom. The monoisotopic (exact) mass is 308 g/mol. The molecule has 0 amide bonds. The van der Waals surface area contributed by atoms with Crippen LogP contribution in [-0.4, -0.2) is 18.1 Å². The molecule has 112 valence electrons. The molecule has 2 aromatic rings. The average molecular weight is 309 g/mol. The molecule has 3 nitrogen and oxygen atoms in total. The Bertz CT molecular complexity index is 607. The molecule has 1 N–H and O–H groups in total. The Balaban J connectivity index is 2.43. The molecule has 1 heterocycles. The van der Waals surface area contributed by atoms with E-state index >= 15 is 0 Å². The van der Waals surface area contributed by atoms with Gasteiger partial charge in [-0.1, -0.05) is 30.7 Å². The summed E-state index contributed by atoms with van der Waals surface area (Å²) in [6.07, 6.45) is 3.39. The third kappa shape index (κ3) is 3.71. The summed E-state index contributed by atoms with van der Waals surface area (Å²) in [5.41, 5.74) is 1.57. The zero-order valence-electron chi connectivity index (χ0n) is 12.1. The van der Waals surface area contributed by atoms with E-state index in [0.717, 1.165) is 12.1 Å². The van der Waals surface area contributed by atoms with Crippen molar-refractivity contribution >= 4 is 11.6 Å². The number of rotatable bonds is 6.